The van der Waals surface area contributed by atoms with Crippen LogP contribution in [0.1, 0.15) is 25.7 Å². The molecule has 0 aromatic heterocycles. The fourth-order valence-electron chi connectivity index (χ4n) is 3.26. The van der Waals surface area contributed by atoms with Crippen LogP contribution in [0.15, 0.2) is 24.3 Å². The van der Waals surface area contributed by atoms with E-state index in [0.717, 1.165) is 17.5 Å². The van der Waals surface area contributed by atoms with Crippen LogP contribution in [0.4, 0.5) is 11.4 Å². The lowest BCUT2D eigenvalue weighted by molar-refractivity contribution is 0.440. The highest BCUT2D eigenvalue weighted by molar-refractivity contribution is 5.54. The Morgan fingerprint density at radius 1 is 1.20 bits per heavy atom. The van der Waals surface area contributed by atoms with Crippen molar-refractivity contribution >= 4 is 11.4 Å². The lowest BCUT2D eigenvalue weighted by Gasteiger charge is -2.24. The van der Waals surface area contributed by atoms with E-state index in [1.54, 1.807) is 0 Å². The van der Waals surface area contributed by atoms with Crippen molar-refractivity contribution in [2.24, 2.45) is 11.8 Å². The van der Waals surface area contributed by atoms with E-state index in [1.807, 2.05) is 18.2 Å². The molecule has 1 aromatic carbocycles. The summed E-state index contributed by atoms with van der Waals surface area (Å²) in [6.45, 7) is 0. The molecule has 2 bridgehead atoms. The summed E-state index contributed by atoms with van der Waals surface area (Å²) in [6, 6.07) is 8.80. The second-order valence-corrected chi connectivity index (χ2v) is 5.05. The van der Waals surface area contributed by atoms with E-state index < -0.39 is 0 Å². The number of hydrogen-bond donors (Lipinski definition) is 2. The third kappa shape index (κ3) is 1.69. The topological polar surface area (TPSA) is 38.0 Å². The Labute approximate surface area is 90.9 Å². The average Bonchev–Trinajstić information content (AvgIpc) is 2.79. The molecule has 0 saturated heterocycles. The van der Waals surface area contributed by atoms with Gasteiger partial charge in [0, 0.05) is 17.4 Å². The third-order valence-corrected chi connectivity index (χ3v) is 3.98. The molecule has 2 heteroatoms. The summed E-state index contributed by atoms with van der Waals surface area (Å²) < 4.78 is 0. The van der Waals surface area contributed by atoms with Crippen molar-refractivity contribution < 1.29 is 0 Å². The van der Waals surface area contributed by atoms with Gasteiger partial charge in [-0.15, -0.1) is 0 Å². The van der Waals surface area contributed by atoms with E-state index in [9.17, 15) is 0 Å². The number of benzene rings is 1. The highest BCUT2D eigenvalue weighted by Gasteiger charge is 2.39. The van der Waals surface area contributed by atoms with Crippen molar-refractivity contribution in [1.29, 1.82) is 0 Å². The summed E-state index contributed by atoms with van der Waals surface area (Å²) in [7, 11) is 0. The van der Waals surface area contributed by atoms with Crippen LogP contribution < -0.4 is 11.1 Å². The first-order valence-electron chi connectivity index (χ1n) is 5.93. The zero-order valence-electron chi connectivity index (χ0n) is 8.95. The summed E-state index contributed by atoms with van der Waals surface area (Å²) in [6.07, 6.45) is 5.68. The van der Waals surface area contributed by atoms with Crippen LogP contribution in [0.5, 0.6) is 0 Å². The van der Waals surface area contributed by atoms with E-state index in [1.165, 1.54) is 31.4 Å². The second kappa shape index (κ2) is 3.44. The Hall–Kier alpha value is -1.18. The van der Waals surface area contributed by atoms with E-state index in [0.29, 0.717) is 6.04 Å². The average molecular weight is 202 g/mol. The smallest absolute Gasteiger partial charge is 0.0363 e. The Balaban J connectivity index is 1.71. The van der Waals surface area contributed by atoms with Crippen molar-refractivity contribution in [3.63, 3.8) is 0 Å². The van der Waals surface area contributed by atoms with Gasteiger partial charge in [-0.2, -0.15) is 0 Å². The highest BCUT2D eigenvalue weighted by atomic mass is 14.9. The van der Waals surface area contributed by atoms with E-state index in [-0.39, 0.29) is 0 Å². The number of rotatable bonds is 2. The number of nitrogens with two attached hydrogens (primary N) is 1. The molecule has 3 N–H and O–H groups in total. The number of hydrogen-bond acceptors (Lipinski definition) is 2. The Kier molecular flexibility index (Phi) is 2.08. The standard InChI is InChI=1S/C13H18N2/c14-11-2-1-3-12(8-11)15-13-7-9-4-5-10(13)6-9/h1-3,8-10,13,15H,4-7,14H2. The SMILES string of the molecule is Nc1cccc(NC2CC3CCC2C3)c1. The molecular weight excluding hydrogens is 184 g/mol. The normalized spacial score (nSPS) is 33.2. The summed E-state index contributed by atoms with van der Waals surface area (Å²) in [5.41, 5.74) is 7.81. The minimum absolute atomic E-state index is 0.700. The number of nitrogens with one attached hydrogen (secondary N) is 1. The van der Waals surface area contributed by atoms with Crippen LogP contribution in [0, 0.1) is 11.8 Å². The number of fused-ring (bicyclic) bond motifs is 2. The third-order valence-electron chi connectivity index (χ3n) is 3.98. The molecule has 2 fully saturated rings. The van der Waals surface area contributed by atoms with E-state index in [4.69, 9.17) is 5.73 Å². The molecule has 2 saturated carbocycles. The van der Waals surface area contributed by atoms with Crippen LogP contribution >= 0.6 is 0 Å². The first-order chi connectivity index (χ1) is 7.31. The maximum Gasteiger partial charge on any atom is 0.0363 e. The monoisotopic (exact) mass is 202 g/mol. The van der Waals surface area contributed by atoms with Gasteiger partial charge in [0.2, 0.25) is 0 Å². The quantitative estimate of drug-likeness (QED) is 0.724. The van der Waals surface area contributed by atoms with Crippen LogP contribution in [-0.4, -0.2) is 6.04 Å². The molecule has 2 aliphatic carbocycles. The molecule has 2 nitrogen and oxygen atoms in total. The van der Waals surface area contributed by atoms with Crippen molar-refractivity contribution in [2.75, 3.05) is 11.1 Å². The van der Waals surface area contributed by atoms with Gasteiger partial charge in [0.05, 0.1) is 0 Å². The molecule has 1 aromatic rings. The van der Waals surface area contributed by atoms with Crippen LogP contribution in [-0.2, 0) is 0 Å². The summed E-state index contributed by atoms with van der Waals surface area (Å²) in [4.78, 5) is 0. The van der Waals surface area contributed by atoms with Gasteiger partial charge in [-0.1, -0.05) is 12.5 Å². The van der Waals surface area contributed by atoms with Crippen LogP contribution in [0.25, 0.3) is 0 Å². The van der Waals surface area contributed by atoms with Gasteiger partial charge in [-0.3, -0.25) is 0 Å². The largest absolute Gasteiger partial charge is 0.399 e. The zero-order chi connectivity index (χ0) is 10.3. The molecule has 80 valence electrons. The van der Waals surface area contributed by atoms with E-state index >= 15 is 0 Å². The molecule has 0 radical (unpaired) electrons. The van der Waals surface area contributed by atoms with Gasteiger partial charge >= 0.3 is 0 Å². The predicted octanol–water partition coefficient (Wildman–Crippen LogP) is 2.87. The fourth-order valence-corrected chi connectivity index (χ4v) is 3.26. The molecule has 0 heterocycles. The summed E-state index contributed by atoms with van der Waals surface area (Å²) in [5.74, 6) is 1.91. The molecule has 3 rings (SSSR count). The Morgan fingerprint density at radius 3 is 2.80 bits per heavy atom. The molecule has 2 aliphatic rings. The van der Waals surface area contributed by atoms with Gasteiger partial charge in [0.1, 0.15) is 0 Å². The van der Waals surface area contributed by atoms with Crippen LogP contribution in [0.2, 0.25) is 0 Å². The van der Waals surface area contributed by atoms with Gasteiger partial charge in [-0.05, 0) is 49.3 Å². The van der Waals surface area contributed by atoms with Crippen molar-refractivity contribution in [3.8, 4) is 0 Å². The molecule has 0 aliphatic heterocycles. The van der Waals surface area contributed by atoms with E-state index in [2.05, 4.69) is 11.4 Å². The highest BCUT2D eigenvalue weighted by Crippen LogP contribution is 2.45. The zero-order valence-corrected chi connectivity index (χ0v) is 8.95. The Morgan fingerprint density at radius 2 is 2.13 bits per heavy atom. The molecule has 15 heavy (non-hydrogen) atoms. The number of anilines is 2. The molecule has 3 unspecified atom stereocenters. The summed E-state index contributed by atoms with van der Waals surface area (Å²) >= 11 is 0. The van der Waals surface area contributed by atoms with Crippen molar-refractivity contribution in [2.45, 2.75) is 31.7 Å². The van der Waals surface area contributed by atoms with Gasteiger partial charge in [0.25, 0.3) is 0 Å². The first-order valence-corrected chi connectivity index (χ1v) is 5.93. The predicted molar refractivity (Wildman–Crippen MR) is 63.7 cm³/mol. The van der Waals surface area contributed by atoms with Gasteiger partial charge in [0.15, 0.2) is 0 Å². The maximum atomic E-state index is 5.77. The van der Waals surface area contributed by atoms with Crippen molar-refractivity contribution in [3.05, 3.63) is 24.3 Å². The van der Waals surface area contributed by atoms with Gasteiger partial charge in [-0.25, -0.2) is 0 Å². The first kappa shape index (κ1) is 9.08. The van der Waals surface area contributed by atoms with Gasteiger partial charge < -0.3 is 11.1 Å². The summed E-state index contributed by atoms with van der Waals surface area (Å²) in [5, 5.41) is 3.63. The van der Waals surface area contributed by atoms with Crippen molar-refractivity contribution in [1.82, 2.24) is 0 Å². The number of nitrogen functional groups attached to an aromatic ring is 1. The lowest BCUT2D eigenvalue weighted by Crippen LogP contribution is -2.25. The molecule has 0 amide bonds. The lowest BCUT2D eigenvalue weighted by atomic mass is 9.95. The van der Waals surface area contributed by atoms with Crippen LogP contribution in [0.3, 0.4) is 0 Å². The minimum Gasteiger partial charge on any atom is -0.399 e. The molecular formula is C13H18N2. The second-order valence-electron chi connectivity index (χ2n) is 5.05. The fraction of sp³-hybridized carbons (Fsp3) is 0.538. The maximum absolute atomic E-state index is 5.77. The minimum atomic E-state index is 0.700. The Bertz CT molecular complexity index is 361. The molecule has 0 spiro atoms. The molecule has 3 atom stereocenters.